The van der Waals surface area contributed by atoms with Crippen LogP contribution in [-0.4, -0.2) is 47.4 Å². The number of fused-ring (bicyclic) bond motifs is 1. The minimum Gasteiger partial charge on any atom is -0.491 e. The Bertz CT molecular complexity index is 1170. The number of hydrogen-bond donors (Lipinski definition) is 0. The summed E-state index contributed by atoms with van der Waals surface area (Å²) in [6, 6.07) is 14.2. The highest BCUT2D eigenvalue weighted by Crippen LogP contribution is 2.34. The van der Waals surface area contributed by atoms with Crippen molar-refractivity contribution in [2.75, 3.05) is 19.7 Å². The number of ether oxygens (including phenoxy) is 1. The van der Waals surface area contributed by atoms with Gasteiger partial charge in [0.25, 0.3) is 5.91 Å². The number of hydrogen-bond acceptors (Lipinski definition) is 4. The molecular weight excluding hydrogens is 487 g/mol. The van der Waals surface area contributed by atoms with E-state index in [0.29, 0.717) is 35.9 Å². The van der Waals surface area contributed by atoms with Crippen molar-refractivity contribution in [2.45, 2.75) is 38.8 Å². The number of nitrogens with zero attached hydrogens (tertiary/aromatic N) is 2. The first-order valence-electron chi connectivity index (χ1n) is 11.7. The van der Waals surface area contributed by atoms with Crippen molar-refractivity contribution in [2.24, 2.45) is 0 Å². The molecule has 35 heavy (non-hydrogen) atoms. The van der Waals surface area contributed by atoms with Crippen LogP contribution in [0.4, 0.5) is 4.39 Å². The maximum absolute atomic E-state index is 13.6. The van der Waals surface area contributed by atoms with Crippen LogP contribution in [0, 0.1) is 5.82 Å². The van der Waals surface area contributed by atoms with Crippen LogP contribution in [0.15, 0.2) is 60.0 Å². The van der Waals surface area contributed by atoms with E-state index in [0.717, 1.165) is 12.0 Å². The van der Waals surface area contributed by atoms with Crippen LogP contribution < -0.4 is 4.74 Å². The Hall–Kier alpha value is -2.90. The van der Waals surface area contributed by atoms with Crippen LogP contribution in [-0.2, 0) is 11.2 Å². The number of benzene rings is 2. The maximum Gasteiger partial charge on any atom is 0.254 e. The number of halogens is 2. The van der Waals surface area contributed by atoms with Crippen LogP contribution in [0.1, 0.15) is 47.1 Å². The molecule has 5 nitrogen and oxygen atoms in total. The summed E-state index contributed by atoms with van der Waals surface area (Å²) in [6.07, 6.45) is 1.46. The quantitative estimate of drug-likeness (QED) is 0.371. The molecule has 2 amide bonds. The Kier molecular flexibility index (Phi) is 8.08. The number of carbonyl (C=O) groups is 2. The zero-order valence-electron chi connectivity index (χ0n) is 19.7. The summed E-state index contributed by atoms with van der Waals surface area (Å²) in [5, 5.41) is 2.67. The van der Waals surface area contributed by atoms with E-state index in [2.05, 4.69) is 0 Å². The molecule has 1 aliphatic heterocycles. The summed E-state index contributed by atoms with van der Waals surface area (Å²) in [5.74, 6) is -0.148. The SMILES string of the molecule is CC[C@@H](C)N(CC(=O)N1CCc2sccc2[C@@H]1COc1ccc(Cl)cc1)C(=O)c1ccc(F)cc1. The van der Waals surface area contributed by atoms with E-state index in [1.54, 1.807) is 40.5 Å². The predicted octanol–water partition coefficient (Wildman–Crippen LogP) is 5.99. The van der Waals surface area contributed by atoms with Crippen LogP contribution in [0.3, 0.4) is 0 Å². The van der Waals surface area contributed by atoms with Gasteiger partial charge in [0.1, 0.15) is 24.7 Å². The van der Waals surface area contributed by atoms with Gasteiger partial charge in [-0.3, -0.25) is 9.59 Å². The first-order valence-corrected chi connectivity index (χ1v) is 12.9. The molecule has 8 heteroatoms. The number of rotatable bonds is 8. The normalized spacial score (nSPS) is 15.9. The first kappa shape index (κ1) is 25.2. The zero-order chi connectivity index (χ0) is 24.9. The molecule has 0 aliphatic carbocycles. The summed E-state index contributed by atoms with van der Waals surface area (Å²) >= 11 is 7.67. The van der Waals surface area contributed by atoms with Crippen molar-refractivity contribution >= 4 is 34.8 Å². The van der Waals surface area contributed by atoms with Crippen LogP contribution in [0.5, 0.6) is 5.75 Å². The minimum atomic E-state index is -0.406. The van der Waals surface area contributed by atoms with Gasteiger partial charge >= 0.3 is 0 Å². The second-order valence-electron chi connectivity index (χ2n) is 8.61. The van der Waals surface area contributed by atoms with E-state index < -0.39 is 5.82 Å². The highest BCUT2D eigenvalue weighted by Gasteiger charge is 2.34. The maximum atomic E-state index is 13.6. The summed E-state index contributed by atoms with van der Waals surface area (Å²) < 4.78 is 19.4. The lowest BCUT2D eigenvalue weighted by Crippen LogP contribution is -2.49. The number of carbonyl (C=O) groups excluding carboxylic acids is 2. The summed E-state index contributed by atoms with van der Waals surface area (Å²) in [7, 11) is 0. The van der Waals surface area contributed by atoms with Crippen molar-refractivity contribution in [3.05, 3.63) is 86.8 Å². The Morgan fingerprint density at radius 1 is 1.17 bits per heavy atom. The fraction of sp³-hybridized carbons (Fsp3) is 0.333. The molecule has 3 aromatic rings. The van der Waals surface area contributed by atoms with Gasteiger partial charge in [-0.05, 0) is 85.3 Å². The molecule has 2 atom stereocenters. The lowest BCUT2D eigenvalue weighted by atomic mass is 10.00. The summed E-state index contributed by atoms with van der Waals surface area (Å²) in [5.41, 5.74) is 1.45. The second-order valence-corrected chi connectivity index (χ2v) is 10.1. The van der Waals surface area contributed by atoms with Gasteiger partial charge in [-0.1, -0.05) is 18.5 Å². The molecule has 0 saturated heterocycles. The third-order valence-electron chi connectivity index (χ3n) is 6.42. The molecule has 0 unspecified atom stereocenters. The molecule has 1 aliphatic rings. The van der Waals surface area contributed by atoms with Gasteiger partial charge in [-0.2, -0.15) is 0 Å². The van der Waals surface area contributed by atoms with Crippen molar-refractivity contribution in [3.8, 4) is 5.75 Å². The molecule has 0 N–H and O–H groups in total. The van der Waals surface area contributed by atoms with Gasteiger partial charge in [0.05, 0.1) is 6.04 Å². The molecule has 0 spiro atoms. The summed E-state index contributed by atoms with van der Waals surface area (Å²) in [6.45, 7) is 4.69. The number of amides is 2. The third kappa shape index (κ3) is 5.85. The van der Waals surface area contributed by atoms with Crippen molar-refractivity contribution in [3.63, 3.8) is 0 Å². The van der Waals surface area contributed by atoms with Crippen molar-refractivity contribution in [1.82, 2.24) is 9.80 Å². The summed E-state index contributed by atoms with van der Waals surface area (Å²) in [4.78, 5) is 31.5. The topological polar surface area (TPSA) is 49.9 Å². The van der Waals surface area contributed by atoms with Gasteiger partial charge in [0.2, 0.25) is 5.91 Å². The largest absolute Gasteiger partial charge is 0.491 e. The molecule has 2 aromatic carbocycles. The van der Waals surface area contributed by atoms with Gasteiger partial charge in [-0.25, -0.2) is 4.39 Å². The third-order valence-corrected chi connectivity index (χ3v) is 7.67. The van der Waals surface area contributed by atoms with Crippen LogP contribution in [0.25, 0.3) is 0 Å². The molecule has 4 rings (SSSR count). The molecule has 0 bridgehead atoms. The van der Waals surface area contributed by atoms with Crippen molar-refractivity contribution < 1.29 is 18.7 Å². The Labute approximate surface area is 214 Å². The first-order chi connectivity index (χ1) is 16.9. The lowest BCUT2D eigenvalue weighted by molar-refractivity contribution is -0.136. The monoisotopic (exact) mass is 514 g/mol. The van der Waals surface area contributed by atoms with E-state index in [-0.39, 0.29) is 30.4 Å². The Morgan fingerprint density at radius 3 is 2.57 bits per heavy atom. The molecular formula is C27H28ClFN2O3S. The van der Waals surface area contributed by atoms with E-state index in [1.165, 1.54) is 29.1 Å². The number of thiophene rings is 1. The fourth-order valence-corrected chi connectivity index (χ4v) is 5.28. The minimum absolute atomic E-state index is 0.0534. The molecule has 0 saturated carbocycles. The van der Waals surface area contributed by atoms with Crippen LogP contribution >= 0.6 is 22.9 Å². The Morgan fingerprint density at radius 2 is 1.89 bits per heavy atom. The highest BCUT2D eigenvalue weighted by atomic mass is 35.5. The van der Waals surface area contributed by atoms with E-state index in [1.807, 2.05) is 30.2 Å². The van der Waals surface area contributed by atoms with E-state index >= 15 is 0 Å². The average molecular weight is 515 g/mol. The molecule has 0 radical (unpaired) electrons. The van der Waals surface area contributed by atoms with Gasteiger partial charge < -0.3 is 14.5 Å². The predicted molar refractivity (Wildman–Crippen MR) is 137 cm³/mol. The molecule has 184 valence electrons. The fourth-order valence-electron chi connectivity index (χ4n) is 4.22. The van der Waals surface area contributed by atoms with Crippen LogP contribution in [0.2, 0.25) is 5.02 Å². The van der Waals surface area contributed by atoms with E-state index in [4.69, 9.17) is 16.3 Å². The molecule has 2 heterocycles. The van der Waals surface area contributed by atoms with Gasteiger partial charge in [-0.15, -0.1) is 11.3 Å². The lowest BCUT2D eigenvalue weighted by Gasteiger charge is -2.38. The highest BCUT2D eigenvalue weighted by molar-refractivity contribution is 7.10. The standard InChI is InChI=1S/C27H28ClFN2O3S/c1-3-18(2)31(27(33)19-4-8-21(29)9-5-19)16-26(32)30-14-12-25-23(13-15-35-25)24(30)17-34-22-10-6-20(28)7-11-22/h4-11,13,15,18,24H,3,12,14,16-17H2,1-2H3/t18-,24+/m1/s1. The average Bonchev–Trinajstić information content (AvgIpc) is 3.35. The van der Waals surface area contributed by atoms with Gasteiger partial charge in [0.15, 0.2) is 0 Å². The van der Waals surface area contributed by atoms with E-state index in [9.17, 15) is 14.0 Å². The van der Waals surface area contributed by atoms with Gasteiger partial charge in [0, 0.05) is 28.0 Å². The van der Waals surface area contributed by atoms with Crippen molar-refractivity contribution in [1.29, 1.82) is 0 Å². The smallest absolute Gasteiger partial charge is 0.254 e. The second kappa shape index (κ2) is 11.2. The molecule has 1 aromatic heterocycles. The zero-order valence-corrected chi connectivity index (χ0v) is 21.3. The molecule has 0 fully saturated rings. The Balaban J connectivity index is 1.54.